The number of likely N-dealkylation sites (tertiary alicyclic amines) is 1. The maximum atomic E-state index is 13.8. The fourth-order valence-corrected chi connectivity index (χ4v) is 6.61. The van der Waals surface area contributed by atoms with E-state index in [0.717, 1.165) is 47.9 Å². The van der Waals surface area contributed by atoms with E-state index in [1.54, 1.807) is 17.2 Å². The molecule has 0 unspecified atom stereocenters. The number of carbonyl (C=O) groups is 2. The molecule has 2 amide bonds. The maximum absolute atomic E-state index is 13.8. The van der Waals surface area contributed by atoms with Gasteiger partial charge in [-0.1, -0.05) is 42.0 Å². The molecule has 2 aromatic carbocycles. The van der Waals surface area contributed by atoms with Gasteiger partial charge in [-0.25, -0.2) is 19.2 Å². The number of hydrogen-bond donors (Lipinski definition) is 1. The Hall–Kier alpha value is -4.11. The minimum Gasteiger partial charge on any atom is -0.444 e. The van der Waals surface area contributed by atoms with Gasteiger partial charge in [0.25, 0.3) is 5.91 Å². The summed E-state index contributed by atoms with van der Waals surface area (Å²) in [6, 6.07) is 16.2. The Balaban J connectivity index is 1.15. The summed E-state index contributed by atoms with van der Waals surface area (Å²) >= 11 is 0. The highest BCUT2D eigenvalue weighted by Crippen LogP contribution is 2.55. The van der Waals surface area contributed by atoms with Gasteiger partial charge >= 0.3 is 6.09 Å². The standard InChI is InChI=1S/C36H41FN4O4/c1-23(39-33(42)30-13-16-38-32(40-30)27-14-17-44-18-15-27)24-5-7-25(8-6-24)31(26-9-11-29(37)12-10-26)28-19-36(20-28)21-41(22-36)34(43)45-35(2,3)4/h5-13,16,23,27H,14-15,17-22H2,1-4H3,(H,39,42)/t23-/m1/s1. The lowest BCUT2D eigenvalue weighted by atomic mass is 9.59. The lowest BCUT2D eigenvalue weighted by Gasteiger charge is -2.57. The molecule has 0 bridgehead atoms. The predicted octanol–water partition coefficient (Wildman–Crippen LogP) is 6.83. The lowest BCUT2D eigenvalue weighted by Crippen LogP contribution is -2.62. The molecule has 1 N–H and O–H groups in total. The molecule has 3 heterocycles. The smallest absolute Gasteiger partial charge is 0.410 e. The SMILES string of the molecule is C[C@@H](NC(=O)c1ccnc(C2CCOCC2)n1)c1ccc(C(=C2CC3(C2)CN(C(=O)OC(C)(C)C)C3)c2ccc(F)cc2)cc1. The number of ether oxygens (including phenoxy) is 2. The first-order valence-electron chi connectivity index (χ1n) is 15.8. The minimum absolute atomic E-state index is 0.0713. The summed E-state index contributed by atoms with van der Waals surface area (Å²) in [7, 11) is 0. The van der Waals surface area contributed by atoms with Crippen molar-refractivity contribution in [1.82, 2.24) is 20.2 Å². The number of benzene rings is 2. The molecule has 3 fully saturated rings. The summed E-state index contributed by atoms with van der Waals surface area (Å²) in [5.41, 5.74) is 5.27. The lowest BCUT2D eigenvalue weighted by molar-refractivity contribution is -0.0500. The summed E-state index contributed by atoms with van der Waals surface area (Å²) in [5.74, 6) is 0.391. The van der Waals surface area contributed by atoms with Crippen LogP contribution in [-0.4, -0.2) is 58.8 Å². The minimum atomic E-state index is -0.517. The highest BCUT2D eigenvalue weighted by Gasteiger charge is 2.53. The highest BCUT2D eigenvalue weighted by atomic mass is 19.1. The average molecular weight is 613 g/mol. The summed E-state index contributed by atoms with van der Waals surface area (Å²) in [6.45, 7) is 10.3. The zero-order valence-corrected chi connectivity index (χ0v) is 26.4. The monoisotopic (exact) mass is 612 g/mol. The topological polar surface area (TPSA) is 93.6 Å². The van der Waals surface area contributed by atoms with Crippen LogP contribution in [0, 0.1) is 11.2 Å². The van der Waals surface area contributed by atoms with E-state index in [-0.39, 0.29) is 35.2 Å². The van der Waals surface area contributed by atoms with Crippen LogP contribution in [-0.2, 0) is 9.47 Å². The third-order valence-electron chi connectivity index (χ3n) is 8.91. The van der Waals surface area contributed by atoms with E-state index in [0.29, 0.717) is 37.8 Å². The van der Waals surface area contributed by atoms with E-state index < -0.39 is 5.60 Å². The van der Waals surface area contributed by atoms with Gasteiger partial charge in [0.1, 0.15) is 22.9 Å². The number of amides is 2. The van der Waals surface area contributed by atoms with Crippen LogP contribution in [0.15, 0.2) is 66.4 Å². The van der Waals surface area contributed by atoms with Gasteiger partial charge in [0.15, 0.2) is 0 Å². The first-order chi connectivity index (χ1) is 21.5. The van der Waals surface area contributed by atoms with Gasteiger partial charge in [0.2, 0.25) is 0 Å². The summed E-state index contributed by atoms with van der Waals surface area (Å²) in [4.78, 5) is 36.4. The summed E-state index contributed by atoms with van der Waals surface area (Å²) in [6.07, 6.45) is 4.86. The van der Waals surface area contributed by atoms with Crippen LogP contribution >= 0.6 is 0 Å². The van der Waals surface area contributed by atoms with Gasteiger partial charge in [-0.05, 0) is 93.8 Å². The van der Waals surface area contributed by atoms with Crippen molar-refractivity contribution >= 4 is 17.6 Å². The Morgan fingerprint density at radius 3 is 2.24 bits per heavy atom. The van der Waals surface area contributed by atoms with Crippen molar-refractivity contribution in [2.24, 2.45) is 5.41 Å². The second kappa shape index (κ2) is 12.4. The predicted molar refractivity (Wildman–Crippen MR) is 169 cm³/mol. The molecule has 3 aliphatic rings. The van der Waals surface area contributed by atoms with Crippen LogP contribution in [0.4, 0.5) is 9.18 Å². The molecule has 1 spiro atoms. The summed E-state index contributed by atoms with van der Waals surface area (Å²) in [5, 5.41) is 3.08. The third-order valence-corrected chi connectivity index (χ3v) is 8.91. The number of aromatic nitrogens is 2. The van der Waals surface area contributed by atoms with E-state index in [1.165, 1.54) is 17.7 Å². The molecule has 45 heavy (non-hydrogen) atoms. The van der Waals surface area contributed by atoms with Crippen LogP contribution in [0.3, 0.4) is 0 Å². The van der Waals surface area contributed by atoms with Crippen LogP contribution in [0.2, 0.25) is 0 Å². The quantitative estimate of drug-likeness (QED) is 0.328. The number of nitrogens with zero attached hydrogens (tertiary/aromatic N) is 3. The Morgan fingerprint density at radius 2 is 1.62 bits per heavy atom. The van der Waals surface area contributed by atoms with Crippen molar-refractivity contribution in [2.45, 2.75) is 70.9 Å². The molecular formula is C36H41FN4O4. The number of hydrogen-bond acceptors (Lipinski definition) is 6. The molecule has 236 valence electrons. The van der Waals surface area contributed by atoms with E-state index in [1.807, 2.05) is 52.0 Å². The molecule has 1 aliphatic carbocycles. The molecule has 2 saturated heterocycles. The van der Waals surface area contributed by atoms with Crippen molar-refractivity contribution in [3.8, 4) is 0 Å². The van der Waals surface area contributed by atoms with Crippen molar-refractivity contribution < 1.29 is 23.5 Å². The Bertz CT molecular complexity index is 1570. The molecular weight excluding hydrogens is 571 g/mol. The van der Waals surface area contributed by atoms with E-state index >= 15 is 0 Å². The maximum Gasteiger partial charge on any atom is 0.410 e. The largest absolute Gasteiger partial charge is 0.444 e. The Labute approximate surface area is 264 Å². The van der Waals surface area contributed by atoms with Crippen molar-refractivity contribution in [1.29, 1.82) is 0 Å². The zero-order valence-electron chi connectivity index (χ0n) is 26.4. The van der Waals surface area contributed by atoms with Crippen LogP contribution in [0.5, 0.6) is 0 Å². The highest BCUT2D eigenvalue weighted by molar-refractivity contribution is 5.92. The molecule has 0 radical (unpaired) electrons. The van der Waals surface area contributed by atoms with Gasteiger partial charge in [-0.3, -0.25) is 4.79 Å². The number of carbonyl (C=O) groups excluding carboxylic acids is 2. The van der Waals surface area contributed by atoms with Crippen molar-refractivity contribution in [3.05, 3.63) is 100 Å². The normalized spacial score (nSPS) is 18.5. The molecule has 8 nitrogen and oxygen atoms in total. The van der Waals surface area contributed by atoms with Crippen molar-refractivity contribution in [3.63, 3.8) is 0 Å². The fourth-order valence-electron chi connectivity index (χ4n) is 6.61. The second-order valence-electron chi connectivity index (χ2n) is 13.7. The molecule has 2 aliphatic heterocycles. The van der Waals surface area contributed by atoms with Gasteiger partial charge in [-0.15, -0.1) is 0 Å². The second-order valence-corrected chi connectivity index (χ2v) is 13.7. The van der Waals surface area contributed by atoms with E-state index in [4.69, 9.17) is 9.47 Å². The third kappa shape index (κ3) is 6.93. The van der Waals surface area contributed by atoms with E-state index in [9.17, 15) is 14.0 Å². The van der Waals surface area contributed by atoms with Crippen LogP contribution < -0.4 is 5.32 Å². The Morgan fingerprint density at radius 1 is 1.00 bits per heavy atom. The summed E-state index contributed by atoms with van der Waals surface area (Å²) < 4.78 is 24.8. The number of nitrogens with one attached hydrogen (secondary N) is 1. The molecule has 9 heteroatoms. The molecule has 3 aromatic rings. The molecule has 1 saturated carbocycles. The van der Waals surface area contributed by atoms with Crippen LogP contribution in [0.1, 0.15) is 98.3 Å². The average Bonchev–Trinajstić information content (AvgIpc) is 2.98. The van der Waals surface area contributed by atoms with E-state index in [2.05, 4.69) is 27.4 Å². The van der Waals surface area contributed by atoms with Gasteiger partial charge in [0, 0.05) is 43.8 Å². The number of rotatable bonds is 6. The first kappa shape index (κ1) is 30.9. The fraction of sp³-hybridized carbons (Fsp3) is 0.444. The first-order valence-corrected chi connectivity index (χ1v) is 15.8. The molecule has 1 aromatic heterocycles. The Kier molecular flexibility index (Phi) is 8.48. The van der Waals surface area contributed by atoms with Crippen LogP contribution in [0.25, 0.3) is 5.57 Å². The van der Waals surface area contributed by atoms with Crippen molar-refractivity contribution in [2.75, 3.05) is 26.3 Å². The van der Waals surface area contributed by atoms with Gasteiger partial charge in [-0.2, -0.15) is 0 Å². The van der Waals surface area contributed by atoms with Gasteiger partial charge in [0.05, 0.1) is 6.04 Å². The molecule has 6 rings (SSSR count). The number of halogens is 1. The zero-order chi connectivity index (χ0) is 31.8. The van der Waals surface area contributed by atoms with Gasteiger partial charge < -0.3 is 19.7 Å². The molecule has 1 atom stereocenters. The number of allylic oxidation sites excluding steroid dienone is 1.